The third kappa shape index (κ3) is 3.87. The lowest BCUT2D eigenvalue weighted by atomic mass is 9.98. The van der Waals surface area contributed by atoms with E-state index < -0.39 is 18.1 Å². The van der Waals surface area contributed by atoms with Gasteiger partial charge in [0, 0.05) is 5.92 Å². The van der Waals surface area contributed by atoms with E-state index in [0.717, 1.165) is 27.8 Å². The summed E-state index contributed by atoms with van der Waals surface area (Å²) in [5.74, 6) is -0.710. The predicted octanol–water partition coefficient (Wildman–Crippen LogP) is 4.64. The Kier molecular flexibility index (Phi) is 5.08. The standard InChI is InChI=1S/C23H21NO5/c1-14-10-21(28-12-14)20(11-22(25)26)24-23(27)29-13-19-17-8-4-2-6-15(17)16-7-3-5-9-18(16)19/h2-10,12,19-20H,11,13H2,1H3,(H,24,27)(H,25,26)/t20-/m1/s1. The lowest BCUT2D eigenvalue weighted by Gasteiger charge is -2.17. The molecule has 0 fully saturated rings. The van der Waals surface area contributed by atoms with Crippen molar-refractivity contribution in [2.24, 2.45) is 0 Å². The number of furan rings is 1. The number of carboxylic acid groups (broad SMARTS) is 1. The Hall–Kier alpha value is -3.54. The van der Waals surface area contributed by atoms with Gasteiger partial charge in [0.1, 0.15) is 18.4 Å². The minimum Gasteiger partial charge on any atom is -0.481 e. The van der Waals surface area contributed by atoms with Crippen LogP contribution in [0.1, 0.15) is 40.8 Å². The fraction of sp³-hybridized carbons (Fsp3) is 0.217. The van der Waals surface area contributed by atoms with Crippen molar-refractivity contribution in [1.82, 2.24) is 5.32 Å². The van der Waals surface area contributed by atoms with Crippen LogP contribution in [0.5, 0.6) is 0 Å². The van der Waals surface area contributed by atoms with E-state index in [2.05, 4.69) is 17.4 Å². The number of aliphatic carboxylic acids is 1. The molecule has 3 aromatic rings. The van der Waals surface area contributed by atoms with Crippen LogP contribution in [-0.4, -0.2) is 23.8 Å². The lowest BCUT2D eigenvalue weighted by molar-refractivity contribution is -0.137. The van der Waals surface area contributed by atoms with Gasteiger partial charge >= 0.3 is 12.1 Å². The monoisotopic (exact) mass is 391 g/mol. The lowest BCUT2D eigenvalue weighted by Crippen LogP contribution is -2.31. The molecular formula is C23H21NO5. The van der Waals surface area contributed by atoms with Crippen LogP contribution >= 0.6 is 0 Å². The highest BCUT2D eigenvalue weighted by atomic mass is 16.5. The van der Waals surface area contributed by atoms with Gasteiger partial charge in [-0.25, -0.2) is 4.79 Å². The van der Waals surface area contributed by atoms with Crippen LogP contribution in [0.25, 0.3) is 11.1 Å². The van der Waals surface area contributed by atoms with Gasteiger partial charge in [0.15, 0.2) is 0 Å². The van der Waals surface area contributed by atoms with Crippen LogP contribution in [0, 0.1) is 6.92 Å². The summed E-state index contributed by atoms with van der Waals surface area (Å²) in [6.07, 6.45) is 0.549. The average molecular weight is 391 g/mol. The first-order valence-electron chi connectivity index (χ1n) is 9.41. The van der Waals surface area contributed by atoms with E-state index in [1.165, 1.54) is 6.26 Å². The fourth-order valence-electron chi connectivity index (χ4n) is 3.82. The maximum absolute atomic E-state index is 12.4. The zero-order valence-corrected chi connectivity index (χ0v) is 15.9. The molecule has 1 aromatic heterocycles. The van der Waals surface area contributed by atoms with Crippen molar-refractivity contribution in [3.63, 3.8) is 0 Å². The molecular weight excluding hydrogens is 370 g/mol. The molecule has 0 saturated heterocycles. The molecule has 1 heterocycles. The minimum absolute atomic E-state index is 0.0584. The first kappa shape index (κ1) is 18.8. The molecule has 6 heteroatoms. The molecule has 0 bridgehead atoms. The van der Waals surface area contributed by atoms with Gasteiger partial charge < -0.3 is 19.6 Å². The smallest absolute Gasteiger partial charge is 0.407 e. The van der Waals surface area contributed by atoms with Gasteiger partial charge in [-0.1, -0.05) is 48.5 Å². The number of carbonyl (C=O) groups is 2. The summed E-state index contributed by atoms with van der Waals surface area (Å²) in [6, 6.07) is 17.1. The van der Waals surface area contributed by atoms with E-state index in [0.29, 0.717) is 5.76 Å². The maximum Gasteiger partial charge on any atom is 0.407 e. The number of carboxylic acids is 1. The predicted molar refractivity (Wildman–Crippen MR) is 107 cm³/mol. The van der Waals surface area contributed by atoms with Gasteiger partial charge in [-0.2, -0.15) is 0 Å². The fourth-order valence-corrected chi connectivity index (χ4v) is 3.82. The van der Waals surface area contributed by atoms with E-state index >= 15 is 0 Å². The number of hydrogen-bond acceptors (Lipinski definition) is 4. The molecule has 0 aliphatic heterocycles. The first-order chi connectivity index (χ1) is 14.0. The van der Waals surface area contributed by atoms with Crippen LogP contribution in [0.2, 0.25) is 0 Å². The zero-order chi connectivity index (χ0) is 20.4. The van der Waals surface area contributed by atoms with Crippen LogP contribution in [0.3, 0.4) is 0 Å². The molecule has 4 rings (SSSR count). The average Bonchev–Trinajstić information content (AvgIpc) is 3.27. The number of fused-ring (bicyclic) bond motifs is 3. The molecule has 0 unspecified atom stereocenters. The highest BCUT2D eigenvalue weighted by molar-refractivity contribution is 5.79. The molecule has 1 atom stereocenters. The Morgan fingerprint density at radius 3 is 2.28 bits per heavy atom. The summed E-state index contributed by atoms with van der Waals surface area (Å²) in [5.41, 5.74) is 5.37. The second-order valence-corrected chi connectivity index (χ2v) is 7.15. The Bertz CT molecular complexity index is 1010. The third-order valence-electron chi connectivity index (χ3n) is 5.11. The first-order valence-corrected chi connectivity index (χ1v) is 9.41. The summed E-state index contributed by atoms with van der Waals surface area (Å²) in [6.45, 7) is 2.00. The zero-order valence-electron chi connectivity index (χ0n) is 15.9. The molecule has 29 heavy (non-hydrogen) atoms. The molecule has 1 aliphatic carbocycles. The third-order valence-corrected chi connectivity index (χ3v) is 5.11. The SMILES string of the molecule is Cc1coc([C@@H](CC(=O)O)NC(=O)OCC2c3ccccc3-c3ccccc32)c1. The number of carbonyl (C=O) groups excluding carboxylic acids is 1. The number of hydrogen-bond donors (Lipinski definition) is 2. The van der Waals surface area contributed by atoms with E-state index in [1.54, 1.807) is 6.07 Å². The van der Waals surface area contributed by atoms with E-state index in [4.69, 9.17) is 14.3 Å². The maximum atomic E-state index is 12.4. The van der Waals surface area contributed by atoms with Crippen LogP contribution in [-0.2, 0) is 9.53 Å². The van der Waals surface area contributed by atoms with Crippen LogP contribution < -0.4 is 5.32 Å². The summed E-state index contributed by atoms with van der Waals surface area (Å²) >= 11 is 0. The molecule has 1 amide bonds. The summed E-state index contributed by atoms with van der Waals surface area (Å²) < 4.78 is 10.9. The van der Waals surface area contributed by atoms with Crippen molar-refractivity contribution >= 4 is 12.1 Å². The number of aryl methyl sites for hydroxylation is 1. The van der Waals surface area contributed by atoms with E-state index in [9.17, 15) is 9.59 Å². The molecule has 6 nitrogen and oxygen atoms in total. The Balaban J connectivity index is 1.47. The number of rotatable bonds is 6. The van der Waals surface area contributed by atoms with Gasteiger partial charge in [-0.15, -0.1) is 0 Å². The molecule has 0 saturated carbocycles. The molecule has 0 spiro atoms. The number of amides is 1. The van der Waals surface area contributed by atoms with Crippen molar-refractivity contribution in [2.45, 2.75) is 25.3 Å². The molecule has 0 radical (unpaired) electrons. The van der Waals surface area contributed by atoms with Crippen molar-refractivity contribution in [2.75, 3.05) is 6.61 Å². The van der Waals surface area contributed by atoms with Gasteiger partial charge in [0.05, 0.1) is 12.7 Å². The van der Waals surface area contributed by atoms with Gasteiger partial charge in [-0.05, 0) is 40.8 Å². The molecule has 148 valence electrons. The summed E-state index contributed by atoms with van der Waals surface area (Å²) in [5, 5.41) is 11.8. The Morgan fingerprint density at radius 1 is 1.10 bits per heavy atom. The van der Waals surface area contributed by atoms with Crippen molar-refractivity contribution in [3.05, 3.63) is 83.3 Å². The number of benzene rings is 2. The van der Waals surface area contributed by atoms with Gasteiger partial charge in [0.25, 0.3) is 0 Å². The molecule has 2 aromatic carbocycles. The largest absolute Gasteiger partial charge is 0.481 e. The Morgan fingerprint density at radius 2 is 1.72 bits per heavy atom. The topological polar surface area (TPSA) is 88.8 Å². The quantitative estimate of drug-likeness (QED) is 0.639. The highest BCUT2D eigenvalue weighted by Crippen LogP contribution is 2.44. The second kappa shape index (κ2) is 7.83. The van der Waals surface area contributed by atoms with Crippen LogP contribution in [0.15, 0.2) is 65.3 Å². The van der Waals surface area contributed by atoms with Crippen molar-refractivity contribution in [1.29, 1.82) is 0 Å². The highest BCUT2D eigenvalue weighted by Gasteiger charge is 2.29. The number of alkyl carbamates (subject to hydrolysis) is 1. The van der Waals surface area contributed by atoms with E-state index in [-0.39, 0.29) is 18.9 Å². The van der Waals surface area contributed by atoms with Crippen molar-refractivity contribution in [3.8, 4) is 11.1 Å². The minimum atomic E-state index is -1.04. The van der Waals surface area contributed by atoms with E-state index in [1.807, 2.05) is 43.3 Å². The Labute approximate surface area is 168 Å². The summed E-state index contributed by atoms with van der Waals surface area (Å²) in [4.78, 5) is 23.6. The van der Waals surface area contributed by atoms with Gasteiger partial charge in [0.2, 0.25) is 0 Å². The normalized spacial score (nSPS) is 13.4. The second-order valence-electron chi connectivity index (χ2n) is 7.15. The molecule has 2 N–H and O–H groups in total. The summed E-state index contributed by atoms with van der Waals surface area (Å²) in [7, 11) is 0. The number of ether oxygens (including phenoxy) is 1. The van der Waals surface area contributed by atoms with Crippen molar-refractivity contribution < 1.29 is 23.8 Å². The van der Waals surface area contributed by atoms with Gasteiger partial charge in [-0.3, -0.25) is 4.79 Å². The molecule has 1 aliphatic rings. The van der Waals surface area contributed by atoms with Crippen LogP contribution in [0.4, 0.5) is 4.79 Å². The number of nitrogens with one attached hydrogen (secondary N) is 1.